The number of aromatic nitrogens is 2. The lowest BCUT2D eigenvalue weighted by molar-refractivity contribution is 0.416. The van der Waals surface area contributed by atoms with E-state index in [0.717, 1.165) is 22.6 Å². The molecule has 0 aliphatic heterocycles. The van der Waals surface area contributed by atoms with Crippen LogP contribution in [0.4, 0.5) is 0 Å². The number of hydrogen-bond donors (Lipinski definition) is 1. The van der Waals surface area contributed by atoms with Gasteiger partial charge < -0.3 is 9.72 Å². The van der Waals surface area contributed by atoms with Crippen LogP contribution in [-0.2, 0) is 0 Å². The summed E-state index contributed by atoms with van der Waals surface area (Å²) < 4.78 is 6.10. The van der Waals surface area contributed by atoms with E-state index in [1.165, 1.54) is 5.56 Å². The third-order valence-corrected chi connectivity index (χ3v) is 3.42. The van der Waals surface area contributed by atoms with E-state index in [2.05, 4.69) is 36.8 Å². The predicted molar refractivity (Wildman–Crippen MR) is 80.2 cm³/mol. The zero-order valence-electron chi connectivity index (χ0n) is 11.7. The Morgan fingerprint density at radius 2 is 2.05 bits per heavy atom. The second-order valence-electron chi connectivity index (χ2n) is 4.85. The van der Waals surface area contributed by atoms with Crippen molar-refractivity contribution in [1.82, 2.24) is 9.97 Å². The number of methoxy groups -OCH3 is 1. The fourth-order valence-electron chi connectivity index (χ4n) is 2.19. The molecule has 2 rings (SSSR count). The zero-order valence-corrected chi connectivity index (χ0v) is 12.5. The highest BCUT2D eigenvalue weighted by molar-refractivity contribution is 7.71. The number of hydrogen-bond acceptors (Lipinski definition) is 3. The van der Waals surface area contributed by atoms with Gasteiger partial charge in [0.2, 0.25) is 0 Å². The van der Waals surface area contributed by atoms with E-state index < -0.39 is 0 Å². The van der Waals surface area contributed by atoms with Gasteiger partial charge in [-0.3, -0.25) is 0 Å². The maximum absolute atomic E-state index is 5.45. The molecule has 0 fully saturated rings. The Balaban J connectivity index is 2.75. The highest BCUT2D eigenvalue weighted by Gasteiger charge is 2.15. The van der Waals surface area contributed by atoms with Crippen LogP contribution < -0.4 is 4.74 Å². The molecule has 2 aromatic rings. The largest absolute Gasteiger partial charge is 0.496 e. The van der Waals surface area contributed by atoms with Gasteiger partial charge in [0.1, 0.15) is 10.4 Å². The van der Waals surface area contributed by atoms with Crippen LogP contribution in [0.2, 0.25) is 0 Å². The van der Waals surface area contributed by atoms with Crippen LogP contribution in [0.25, 0.3) is 11.3 Å². The highest BCUT2D eigenvalue weighted by Crippen LogP contribution is 2.34. The van der Waals surface area contributed by atoms with Crippen molar-refractivity contribution < 1.29 is 4.74 Å². The first-order chi connectivity index (χ1) is 9.04. The van der Waals surface area contributed by atoms with Gasteiger partial charge in [0.15, 0.2) is 0 Å². The molecule has 0 saturated heterocycles. The standard InChI is InChI=1S/C15H18N2OS/c1-9(2)13-14(16-8-17-15(13)19)11-7-10(3)5-6-12(11)18-4/h5-9H,1-4H3,(H,16,17,19). The molecular weight excluding hydrogens is 256 g/mol. The van der Waals surface area contributed by atoms with Gasteiger partial charge in [-0.2, -0.15) is 0 Å². The lowest BCUT2D eigenvalue weighted by Gasteiger charge is -2.15. The van der Waals surface area contributed by atoms with Gasteiger partial charge >= 0.3 is 0 Å². The van der Waals surface area contributed by atoms with Crippen molar-refractivity contribution in [2.45, 2.75) is 26.7 Å². The summed E-state index contributed by atoms with van der Waals surface area (Å²) in [6, 6.07) is 6.12. The molecule has 0 bridgehead atoms. The van der Waals surface area contributed by atoms with Gasteiger partial charge in [0, 0.05) is 11.1 Å². The van der Waals surface area contributed by atoms with Gasteiger partial charge in [0.05, 0.1) is 19.1 Å². The molecule has 0 radical (unpaired) electrons. The topological polar surface area (TPSA) is 37.9 Å². The van der Waals surface area contributed by atoms with Crippen molar-refractivity contribution in [3.63, 3.8) is 0 Å². The monoisotopic (exact) mass is 274 g/mol. The van der Waals surface area contributed by atoms with E-state index in [0.29, 0.717) is 10.6 Å². The second-order valence-corrected chi connectivity index (χ2v) is 5.24. The fourth-order valence-corrected chi connectivity index (χ4v) is 2.58. The third kappa shape index (κ3) is 2.68. The normalized spacial score (nSPS) is 10.8. The number of benzene rings is 1. The Bertz CT molecular complexity index is 647. The minimum atomic E-state index is 0.303. The molecule has 1 N–H and O–H groups in total. The maximum Gasteiger partial charge on any atom is 0.133 e. The molecule has 0 unspecified atom stereocenters. The van der Waals surface area contributed by atoms with Crippen LogP contribution in [0.1, 0.15) is 30.9 Å². The smallest absolute Gasteiger partial charge is 0.133 e. The van der Waals surface area contributed by atoms with Crippen molar-refractivity contribution in [2.24, 2.45) is 0 Å². The summed E-state index contributed by atoms with van der Waals surface area (Å²) in [5, 5.41) is 0. The lowest BCUT2D eigenvalue weighted by atomic mass is 9.97. The van der Waals surface area contributed by atoms with Gasteiger partial charge in [-0.1, -0.05) is 37.7 Å². The highest BCUT2D eigenvalue weighted by atomic mass is 32.1. The predicted octanol–water partition coefficient (Wildman–Crippen LogP) is 4.25. The molecule has 0 atom stereocenters. The van der Waals surface area contributed by atoms with Gasteiger partial charge in [0.25, 0.3) is 0 Å². The Morgan fingerprint density at radius 1 is 1.32 bits per heavy atom. The molecule has 19 heavy (non-hydrogen) atoms. The molecular formula is C15H18N2OS. The number of rotatable bonds is 3. The van der Waals surface area contributed by atoms with Gasteiger partial charge in [-0.15, -0.1) is 0 Å². The molecule has 3 nitrogen and oxygen atoms in total. The van der Waals surface area contributed by atoms with Crippen molar-refractivity contribution in [2.75, 3.05) is 7.11 Å². The molecule has 1 aromatic carbocycles. The first-order valence-corrected chi connectivity index (χ1v) is 6.68. The molecule has 0 aliphatic carbocycles. The van der Waals surface area contributed by atoms with E-state index in [9.17, 15) is 0 Å². The second kappa shape index (κ2) is 5.53. The Kier molecular flexibility index (Phi) is 4.00. The van der Waals surface area contributed by atoms with Crippen LogP contribution in [0.3, 0.4) is 0 Å². The van der Waals surface area contributed by atoms with Gasteiger partial charge in [-0.25, -0.2) is 4.98 Å². The number of nitrogens with one attached hydrogen (secondary N) is 1. The quantitative estimate of drug-likeness (QED) is 0.850. The summed E-state index contributed by atoms with van der Waals surface area (Å²) in [5.41, 5.74) is 4.26. The SMILES string of the molecule is COc1ccc(C)cc1-c1[nH]cnc(=S)c1C(C)C. The van der Waals surface area contributed by atoms with Crippen LogP contribution in [0.5, 0.6) is 5.75 Å². The molecule has 0 spiro atoms. The number of ether oxygens (including phenoxy) is 1. The molecule has 0 aliphatic rings. The summed E-state index contributed by atoms with van der Waals surface area (Å²) in [5.74, 6) is 1.14. The Hall–Kier alpha value is -1.68. The molecule has 1 heterocycles. The Morgan fingerprint density at radius 3 is 2.68 bits per heavy atom. The number of H-pyrrole nitrogens is 1. The maximum atomic E-state index is 5.45. The third-order valence-electron chi connectivity index (χ3n) is 3.09. The lowest BCUT2D eigenvalue weighted by Crippen LogP contribution is -2.00. The van der Waals surface area contributed by atoms with Crippen LogP contribution >= 0.6 is 12.2 Å². The van der Waals surface area contributed by atoms with Crippen molar-refractivity contribution in [1.29, 1.82) is 0 Å². The summed E-state index contributed by atoms with van der Waals surface area (Å²) in [6.07, 6.45) is 1.64. The fraction of sp³-hybridized carbons (Fsp3) is 0.333. The first-order valence-electron chi connectivity index (χ1n) is 6.27. The first kappa shape index (κ1) is 13.7. The zero-order chi connectivity index (χ0) is 14.0. The van der Waals surface area contributed by atoms with Gasteiger partial charge in [-0.05, 0) is 25.0 Å². The number of nitrogens with zero attached hydrogens (tertiary/aromatic N) is 1. The molecule has 100 valence electrons. The number of aryl methyl sites for hydroxylation is 1. The summed E-state index contributed by atoms with van der Waals surface area (Å²) in [7, 11) is 1.68. The molecule has 0 saturated carbocycles. The minimum Gasteiger partial charge on any atom is -0.496 e. The van der Waals surface area contributed by atoms with E-state index in [-0.39, 0.29) is 0 Å². The molecule has 4 heteroatoms. The average molecular weight is 274 g/mol. The minimum absolute atomic E-state index is 0.303. The van der Waals surface area contributed by atoms with Crippen LogP contribution in [0, 0.1) is 11.6 Å². The van der Waals surface area contributed by atoms with E-state index in [1.807, 2.05) is 12.1 Å². The van der Waals surface area contributed by atoms with Crippen molar-refractivity contribution in [3.8, 4) is 17.0 Å². The van der Waals surface area contributed by atoms with Crippen molar-refractivity contribution >= 4 is 12.2 Å². The van der Waals surface area contributed by atoms with E-state index >= 15 is 0 Å². The molecule has 1 aromatic heterocycles. The Labute approximate surface area is 118 Å². The summed E-state index contributed by atoms with van der Waals surface area (Å²) in [4.78, 5) is 7.40. The van der Waals surface area contributed by atoms with E-state index in [4.69, 9.17) is 17.0 Å². The molecule has 0 amide bonds. The van der Waals surface area contributed by atoms with Crippen LogP contribution in [-0.4, -0.2) is 17.1 Å². The van der Waals surface area contributed by atoms with Crippen molar-refractivity contribution in [3.05, 3.63) is 40.3 Å². The average Bonchev–Trinajstić information content (AvgIpc) is 2.37. The number of aromatic amines is 1. The van der Waals surface area contributed by atoms with Crippen LogP contribution in [0.15, 0.2) is 24.5 Å². The summed E-state index contributed by atoms with van der Waals surface area (Å²) >= 11 is 5.36. The van der Waals surface area contributed by atoms with E-state index in [1.54, 1.807) is 13.4 Å². The summed E-state index contributed by atoms with van der Waals surface area (Å²) in [6.45, 7) is 6.30.